The van der Waals surface area contributed by atoms with Gasteiger partial charge in [0, 0.05) is 10.6 Å². The largest absolute Gasteiger partial charge is 0.325 e. The Morgan fingerprint density at radius 1 is 1.36 bits per heavy atom. The molecule has 1 N–H and O–H groups in total. The molecule has 112 valence electrons. The lowest BCUT2D eigenvalue weighted by atomic mass is 10.2. The lowest BCUT2D eigenvalue weighted by Crippen LogP contribution is -2.22. The van der Waals surface area contributed by atoms with Crippen LogP contribution in [0.5, 0.6) is 0 Å². The third-order valence-corrected chi connectivity index (χ3v) is 4.22. The van der Waals surface area contributed by atoms with Crippen molar-refractivity contribution in [3.05, 3.63) is 58.9 Å². The Labute approximate surface area is 137 Å². The van der Waals surface area contributed by atoms with Crippen molar-refractivity contribution >= 4 is 35.0 Å². The smallest absolute Gasteiger partial charge is 0.237 e. The minimum atomic E-state index is -0.489. The number of amides is 1. The molecule has 2 rings (SSSR count). The molecule has 0 aromatic heterocycles. The number of thioether (sulfide) groups is 1. The van der Waals surface area contributed by atoms with Gasteiger partial charge < -0.3 is 5.32 Å². The van der Waals surface area contributed by atoms with Crippen molar-refractivity contribution in [1.82, 2.24) is 0 Å². The van der Waals surface area contributed by atoms with Gasteiger partial charge in [-0.3, -0.25) is 4.79 Å². The van der Waals surface area contributed by atoms with E-state index in [1.807, 2.05) is 6.07 Å². The second-order valence-corrected chi connectivity index (χ2v) is 6.34. The summed E-state index contributed by atoms with van der Waals surface area (Å²) in [6.45, 7) is 1.74. The maximum atomic E-state index is 13.1. The van der Waals surface area contributed by atoms with Gasteiger partial charge in [-0.15, -0.1) is 11.8 Å². The molecule has 3 nitrogen and oxygen atoms in total. The average molecular weight is 335 g/mol. The molecule has 0 saturated carbocycles. The van der Waals surface area contributed by atoms with E-state index < -0.39 is 11.1 Å². The van der Waals surface area contributed by atoms with Crippen LogP contribution in [0.2, 0.25) is 5.02 Å². The van der Waals surface area contributed by atoms with E-state index in [9.17, 15) is 9.18 Å². The molecule has 0 bridgehead atoms. The Kier molecular flexibility index (Phi) is 5.42. The topological polar surface area (TPSA) is 52.9 Å². The Hall–Kier alpha value is -2.03. The van der Waals surface area contributed by atoms with Gasteiger partial charge >= 0.3 is 0 Å². The molecule has 0 heterocycles. The van der Waals surface area contributed by atoms with Crippen molar-refractivity contribution in [3.8, 4) is 6.07 Å². The summed E-state index contributed by atoms with van der Waals surface area (Å²) in [6, 6.07) is 13.0. The molecule has 0 aliphatic rings. The highest BCUT2D eigenvalue weighted by atomic mass is 35.5. The summed E-state index contributed by atoms with van der Waals surface area (Å²) in [5, 5.41) is 11.2. The lowest BCUT2D eigenvalue weighted by Gasteiger charge is -2.12. The SMILES string of the molecule is C[C@H](Sc1ccc(F)c(Cl)c1)C(=O)Nc1cccc(C#N)c1. The van der Waals surface area contributed by atoms with Gasteiger partial charge in [-0.1, -0.05) is 17.7 Å². The van der Waals surface area contributed by atoms with Crippen LogP contribution in [0.1, 0.15) is 12.5 Å². The molecule has 0 fully saturated rings. The zero-order chi connectivity index (χ0) is 16.1. The van der Waals surface area contributed by atoms with E-state index in [1.54, 1.807) is 37.3 Å². The predicted octanol–water partition coefficient (Wildman–Crippen LogP) is 4.47. The highest BCUT2D eigenvalue weighted by molar-refractivity contribution is 8.00. The van der Waals surface area contributed by atoms with Gasteiger partial charge in [0.2, 0.25) is 5.91 Å². The first-order valence-electron chi connectivity index (χ1n) is 6.42. The van der Waals surface area contributed by atoms with Gasteiger partial charge in [0.1, 0.15) is 5.82 Å². The fourth-order valence-electron chi connectivity index (χ4n) is 1.72. The first-order valence-corrected chi connectivity index (χ1v) is 7.68. The number of anilines is 1. The second kappa shape index (κ2) is 7.30. The third-order valence-electron chi connectivity index (χ3n) is 2.83. The van der Waals surface area contributed by atoms with Gasteiger partial charge in [-0.2, -0.15) is 5.26 Å². The van der Waals surface area contributed by atoms with Crippen molar-refractivity contribution in [1.29, 1.82) is 5.26 Å². The van der Waals surface area contributed by atoms with Gasteiger partial charge in [0.05, 0.1) is 21.9 Å². The van der Waals surface area contributed by atoms with Crippen LogP contribution >= 0.6 is 23.4 Å². The summed E-state index contributed by atoms with van der Waals surface area (Å²) in [7, 11) is 0. The summed E-state index contributed by atoms with van der Waals surface area (Å²) < 4.78 is 13.1. The number of nitrogens with zero attached hydrogens (tertiary/aromatic N) is 1. The number of halogens is 2. The second-order valence-electron chi connectivity index (χ2n) is 4.52. The fraction of sp³-hybridized carbons (Fsp3) is 0.125. The molecule has 2 aromatic carbocycles. The fourth-order valence-corrected chi connectivity index (χ4v) is 2.87. The molecule has 0 radical (unpaired) electrons. The van der Waals surface area contributed by atoms with Crippen molar-refractivity contribution in [2.24, 2.45) is 0 Å². The number of nitriles is 1. The first-order chi connectivity index (χ1) is 10.5. The summed E-state index contributed by atoms with van der Waals surface area (Å²) >= 11 is 7.00. The van der Waals surface area contributed by atoms with Gasteiger partial charge in [-0.05, 0) is 43.3 Å². The molecule has 0 unspecified atom stereocenters. The number of carbonyl (C=O) groups is 1. The highest BCUT2D eigenvalue weighted by Gasteiger charge is 2.15. The molecule has 2 aromatic rings. The summed E-state index contributed by atoms with van der Waals surface area (Å²) in [5.74, 6) is -0.697. The zero-order valence-electron chi connectivity index (χ0n) is 11.6. The molecular weight excluding hydrogens is 323 g/mol. The molecule has 1 amide bonds. The molecule has 0 spiro atoms. The molecule has 22 heavy (non-hydrogen) atoms. The van der Waals surface area contributed by atoms with Crippen molar-refractivity contribution in [2.45, 2.75) is 17.1 Å². The van der Waals surface area contributed by atoms with Crippen LogP contribution in [-0.2, 0) is 4.79 Å². The third kappa shape index (κ3) is 4.23. The van der Waals surface area contributed by atoms with Gasteiger partial charge in [0.15, 0.2) is 0 Å². The number of benzene rings is 2. The molecule has 0 aliphatic heterocycles. The van der Waals surface area contributed by atoms with E-state index in [1.165, 1.54) is 23.9 Å². The number of carbonyl (C=O) groups excluding carboxylic acids is 1. The number of hydrogen-bond donors (Lipinski definition) is 1. The van der Waals surface area contributed by atoms with Crippen molar-refractivity contribution < 1.29 is 9.18 Å². The van der Waals surface area contributed by atoms with Crippen LogP contribution in [0.4, 0.5) is 10.1 Å². The van der Waals surface area contributed by atoms with Crippen molar-refractivity contribution in [3.63, 3.8) is 0 Å². The molecule has 0 aliphatic carbocycles. The van der Waals surface area contributed by atoms with Gasteiger partial charge in [0.25, 0.3) is 0 Å². The Bertz CT molecular complexity index is 745. The van der Waals surface area contributed by atoms with Crippen LogP contribution < -0.4 is 5.32 Å². The Morgan fingerprint density at radius 3 is 2.82 bits per heavy atom. The number of nitrogens with one attached hydrogen (secondary N) is 1. The number of hydrogen-bond acceptors (Lipinski definition) is 3. The minimum absolute atomic E-state index is 0.0272. The minimum Gasteiger partial charge on any atom is -0.325 e. The van der Waals surface area contributed by atoms with Crippen LogP contribution in [0.15, 0.2) is 47.4 Å². The summed E-state index contributed by atoms with van der Waals surface area (Å²) in [6.07, 6.45) is 0. The van der Waals surface area contributed by atoms with E-state index in [0.717, 1.165) is 0 Å². The number of rotatable bonds is 4. The van der Waals surface area contributed by atoms with Gasteiger partial charge in [-0.25, -0.2) is 4.39 Å². The Morgan fingerprint density at radius 2 is 2.14 bits per heavy atom. The van der Waals surface area contributed by atoms with E-state index in [-0.39, 0.29) is 10.9 Å². The zero-order valence-corrected chi connectivity index (χ0v) is 13.2. The maximum Gasteiger partial charge on any atom is 0.237 e. The quantitative estimate of drug-likeness (QED) is 0.839. The van der Waals surface area contributed by atoms with E-state index >= 15 is 0 Å². The summed E-state index contributed by atoms with van der Waals surface area (Å²) in [5.41, 5.74) is 1.04. The summed E-state index contributed by atoms with van der Waals surface area (Å²) in [4.78, 5) is 12.9. The van der Waals surface area contributed by atoms with E-state index in [0.29, 0.717) is 16.1 Å². The monoisotopic (exact) mass is 334 g/mol. The van der Waals surface area contributed by atoms with Crippen LogP contribution in [0.25, 0.3) is 0 Å². The maximum absolute atomic E-state index is 13.1. The van der Waals surface area contributed by atoms with Crippen LogP contribution in [0, 0.1) is 17.1 Å². The Balaban J connectivity index is 2.02. The van der Waals surface area contributed by atoms with E-state index in [2.05, 4.69) is 5.32 Å². The van der Waals surface area contributed by atoms with Crippen molar-refractivity contribution in [2.75, 3.05) is 5.32 Å². The highest BCUT2D eigenvalue weighted by Crippen LogP contribution is 2.28. The molecule has 6 heteroatoms. The average Bonchev–Trinajstić information content (AvgIpc) is 2.51. The predicted molar refractivity (Wildman–Crippen MR) is 86.5 cm³/mol. The molecule has 0 saturated heterocycles. The van der Waals surface area contributed by atoms with E-state index in [4.69, 9.17) is 16.9 Å². The standard InChI is InChI=1S/C16H12ClFN2OS/c1-10(22-13-5-6-15(18)14(17)8-13)16(21)20-12-4-2-3-11(7-12)9-19/h2-8,10H,1H3,(H,20,21)/t10-/m0/s1. The first kappa shape index (κ1) is 16.3. The van der Waals surface area contributed by atoms with Crippen LogP contribution in [-0.4, -0.2) is 11.2 Å². The van der Waals surface area contributed by atoms with Crippen LogP contribution in [0.3, 0.4) is 0 Å². The molecular formula is C16H12ClFN2OS. The normalized spacial score (nSPS) is 11.5. The molecule has 1 atom stereocenters. The lowest BCUT2D eigenvalue weighted by molar-refractivity contribution is -0.115.